The van der Waals surface area contributed by atoms with Crippen LogP contribution in [-0.4, -0.2) is 37.5 Å². The number of hydrazine groups is 1. The fraction of sp³-hybridized carbons (Fsp3) is 0.438. The maximum Gasteiger partial charge on any atom is 0.268 e. The minimum absolute atomic E-state index is 0.220. The zero-order chi connectivity index (χ0) is 31.4. The van der Waals surface area contributed by atoms with Crippen molar-refractivity contribution in [3.05, 3.63) is 103 Å². The molecule has 1 unspecified atom stereocenters. The zero-order valence-electron chi connectivity index (χ0n) is 25.1. The summed E-state index contributed by atoms with van der Waals surface area (Å²) in [6, 6.07) is 6.22. The molecule has 8 heteroatoms. The Kier molecular flexibility index (Phi) is 28.7. The molecule has 228 valence electrons. The van der Waals surface area contributed by atoms with Crippen molar-refractivity contribution in [1.82, 2.24) is 0 Å². The van der Waals surface area contributed by atoms with E-state index in [1.54, 1.807) is 23.2 Å². The molecule has 1 atom stereocenters. The summed E-state index contributed by atoms with van der Waals surface area (Å²) in [6.07, 6.45) is 16.8. The van der Waals surface area contributed by atoms with Gasteiger partial charge in [-0.1, -0.05) is 68.0 Å². The number of rotatable bonds is 14. The third-order valence-electron chi connectivity index (χ3n) is 4.85. The molecule has 1 aromatic carbocycles. The lowest BCUT2D eigenvalue weighted by Crippen LogP contribution is -2.38. The highest BCUT2D eigenvalue weighted by Crippen LogP contribution is 2.20. The molecule has 4 nitrogen and oxygen atoms in total. The first kappa shape index (κ1) is 41.5. The van der Waals surface area contributed by atoms with Crippen molar-refractivity contribution >= 4 is 5.69 Å². The molecule has 0 saturated heterocycles. The van der Waals surface area contributed by atoms with Crippen LogP contribution in [0.5, 0.6) is 0 Å². The van der Waals surface area contributed by atoms with E-state index in [0.29, 0.717) is 7.18 Å². The highest BCUT2D eigenvalue weighted by atomic mass is 19.3. The summed E-state index contributed by atoms with van der Waals surface area (Å²) in [5, 5.41) is 10.8. The summed E-state index contributed by atoms with van der Waals surface area (Å²) >= 11 is 0. The van der Waals surface area contributed by atoms with E-state index < -0.39 is 12.0 Å². The van der Waals surface area contributed by atoms with E-state index in [-0.39, 0.29) is 19.0 Å². The van der Waals surface area contributed by atoms with E-state index in [1.165, 1.54) is 12.1 Å². The van der Waals surface area contributed by atoms with Crippen LogP contribution in [0.15, 0.2) is 97.3 Å². The number of allylic oxidation sites excluding steroid dienone is 9. The molecule has 0 aromatic heterocycles. The Hall–Kier alpha value is -2.94. The quantitative estimate of drug-likeness (QED) is 0.0585. The van der Waals surface area contributed by atoms with Crippen LogP contribution in [0.25, 0.3) is 0 Å². The van der Waals surface area contributed by atoms with Crippen molar-refractivity contribution in [2.24, 2.45) is 5.84 Å². The first-order valence-corrected chi connectivity index (χ1v) is 13.2. The van der Waals surface area contributed by atoms with Gasteiger partial charge >= 0.3 is 0 Å². The summed E-state index contributed by atoms with van der Waals surface area (Å²) in [4.78, 5) is 0. The third kappa shape index (κ3) is 21.9. The smallest absolute Gasteiger partial charge is 0.268 e. The zero-order valence-corrected chi connectivity index (χ0v) is 25.1. The predicted octanol–water partition coefficient (Wildman–Crippen LogP) is 9.03. The van der Waals surface area contributed by atoms with Gasteiger partial charge in [0.1, 0.15) is 11.4 Å². The number of anilines is 1. The molecule has 1 rings (SSSR count). The monoisotopic (exact) mass is 570 g/mol. The second-order valence-corrected chi connectivity index (χ2v) is 8.37. The highest BCUT2D eigenvalue weighted by molar-refractivity contribution is 5.50. The van der Waals surface area contributed by atoms with Gasteiger partial charge in [0.15, 0.2) is 0 Å². The Labute approximate surface area is 239 Å². The van der Waals surface area contributed by atoms with Crippen LogP contribution in [0.4, 0.5) is 23.2 Å². The normalized spacial score (nSPS) is 13.3. The topological polar surface area (TPSA) is 58.7 Å². The summed E-state index contributed by atoms with van der Waals surface area (Å²) in [6.45, 7) is 15.0. The molecule has 0 amide bonds. The van der Waals surface area contributed by atoms with Gasteiger partial charge in [-0.3, -0.25) is 9.40 Å². The van der Waals surface area contributed by atoms with Crippen molar-refractivity contribution in [2.75, 3.05) is 25.4 Å². The number of nitrogens with zero attached hydrogens (tertiary/aromatic N) is 1. The van der Waals surface area contributed by atoms with E-state index in [1.807, 2.05) is 51.2 Å². The molecule has 0 saturated carbocycles. The molecule has 0 aliphatic rings. The second kappa shape index (κ2) is 27.6. The van der Waals surface area contributed by atoms with Crippen LogP contribution in [0.2, 0.25) is 0 Å². The molecular weight excluding hydrogens is 520 g/mol. The summed E-state index contributed by atoms with van der Waals surface area (Å²) in [5.74, 6) is 5.87. The van der Waals surface area contributed by atoms with Crippen molar-refractivity contribution in [3.8, 4) is 0 Å². The lowest BCUT2D eigenvalue weighted by Gasteiger charge is -2.22. The first-order chi connectivity index (χ1) is 19.1. The van der Waals surface area contributed by atoms with E-state index in [0.717, 1.165) is 49.6 Å². The minimum Gasteiger partial charge on any atom is -0.382 e. The average Bonchev–Trinajstić information content (AvgIpc) is 2.95. The number of halogens is 4. The molecule has 3 N–H and O–H groups in total. The average molecular weight is 571 g/mol. The predicted molar refractivity (Wildman–Crippen MR) is 164 cm³/mol. The van der Waals surface area contributed by atoms with Gasteiger partial charge in [0.25, 0.3) is 6.43 Å². The number of alkyl halides is 3. The highest BCUT2D eigenvalue weighted by Gasteiger charge is 2.32. The van der Waals surface area contributed by atoms with Crippen LogP contribution < -0.4 is 10.9 Å². The number of nitrogens with two attached hydrogens (primary N) is 1. The second-order valence-electron chi connectivity index (χ2n) is 8.37. The Morgan fingerprint density at radius 1 is 1.07 bits per heavy atom. The molecule has 1 aromatic rings. The Morgan fingerprint density at radius 2 is 1.65 bits per heavy atom. The SMILES string of the molecule is C/C=C\C=CCC/C(=C/CC)N(N)c1ccc(F)cc1.C=C.CC/C=C(C)\C=C/COCC(C)(O)C(F)F.CF. The number of ether oxygens (including phenoxy) is 1. The summed E-state index contributed by atoms with van der Waals surface area (Å²) in [7, 11) is 0.500. The van der Waals surface area contributed by atoms with Gasteiger partial charge in [0, 0.05) is 5.70 Å². The van der Waals surface area contributed by atoms with E-state index in [9.17, 15) is 22.7 Å². The van der Waals surface area contributed by atoms with Crippen LogP contribution >= 0.6 is 0 Å². The van der Waals surface area contributed by atoms with Gasteiger partial charge in [-0.25, -0.2) is 19.0 Å². The first-order valence-electron chi connectivity index (χ1n) is 13.2. The van der Waals surface area contributed by atoms with E-state index in [2.05, 4.69) is 32.2 Å². The van der Waals surface area contributed by atoms with Crippen molar-refractivity contribution in [3.63, 3.8) is 0 Å². The number of aliphatic hydroxyl groups is 1. The molecular formula is C32H50F4N2O2. The molecule has 0 heterocycles. The number of hydrogen-bond acceptors (Lipinski definition) is 4. The maximum absolute atomic E-state index is 12.9. The Balaban J connectivity index is -0.000000621. The van der Waals surface area contributed by atoms with Gasteiger partial charge in [-0.2, -0.15) is 0 Å². The number of benzene rings is 1. The fourth-order valence-electron chi connectivity index (χ4n) is 2.86. The van der Waals surface area contributed by atoms with E-state index >= 15 is 0 Å². The van der Waals surface area contributed by atoms with Crippen molar-refractivity contribution in [1.29, 1.82) is 0 Å². The standard InChI is InChI=1S/C17H23FN2.C12H20F2O2.C2H4.CH3F/c1-3-5-6-7-8-10-16(9-4-2)20(19)17-13-11-15(18)12-14-17;1-4-6-10(2)7-5-8-16-9-12(3,15)11(13)14;2*1-2/h3,5-7,9,11-14H,4,8,10,19H2,1-2H3;5-7,11,15H,4,8-9H2,1-3H3;1-2H2;1H3/b5-3-,7-6?,16-9-;7-5-,10-6-;;. The van der Waals surface area contributed by atoms with E-state index in [4.69, 9.17) is 10.6 Å². The number of hydrogen-bond donors (Lipinski definition) is 2. The van der Waals surface area contributed by atoms with Crippen LogP contribution in [-0.2, 0) is 4.74 Å². The molecule has 0 bridgehead atoms. The molecule has 0 aliphatic carbocycles. The van der Waals surface area contributed by atoms with Crippen LogP contribution in [0, 0.1) is 5.82 Å². The van der Waals surface area contributed by atoms with Gasteiger partial charge in [-0.15, -0.1) is 13.2 Å². The molecule has 40 heavy (non-hydrogen) atoms. The van der Waals surface area contributed by atoms with Gasteiger partial charge in [0.05, 0.1) is 26.1 Å². The Morgan fingerprint density at radius 3 is 2.15 bits per heavy atom. The lowest BCUT2D eigenvalue weighted by atomic mass is 10.1. The van der Waals surface area contributed by atoms with Crippen LogP contribution in [0.3, 0.4) is 0 Å². The van der Waals surface area contributed by atoms with Gasteiger partial charge in [0.2, 0.25) is 0 Å². The maximum atomic E-state index is 12.9. The van der Waals surface area contributed by atoms with Crippen molar-refractivity contribution in [2.45, 2.75) is 72.3 Å². The van der Waals surface area contributed by atoms with Crippen molar-refractivity contribution < 1.29 is 27.4 Å². The van der Waals surface area contributed by atoms with Crippen LogP contribution in [0.1, 0.15) is 60.3 Å². The largest absolute Gasteiger partial charge is 0.382 e. The third-order valence-corrected chi connectivity index (χ3v) is 4.85. The lowest BCUT2D eigenvalue weighted by molar-refractivity contribution is -0.122. The molecule has 0 radical (unpaired) electrons. The van der Waals surface area contributed by atoms with Gasteiger partial charge < -0.3 is 9.84 Å². The molecule has 0 spiro atoms. The summed E-state index contributed by atoms with van der Waals surface area (Å²) in [5.41, 5.74) is 0.877. The minimum atomic E-state index is -2.79. The van der Waals surface area contributed by atoms with Gasteiger partial charge in [-0.05, 0) is 70.7 Å². The Bertz CT molecular complexity index is 877. The fourth-order valence-corrected chi connectivity index (χ4v) is 2.86. The summed E-state index contributed by atoms with van der Waals surface area (Å²) < 4.78 is 51.8. The molecule has 0 fully saturated rings. The molecule has 0 aliphatic heterocycles.